The van der Waals surface area contributed by atoms with E-state index in [2.05, 4.69) is 26.8 Å². The van der Waals surface area contributed by atoms with E-state index in [9.17, 15) is 0 Å². The third-order valence-electron chi connectivity index (χ3n) is 2.08. The Bertz CT molecular complexity index is 127. The van der Waals surface area contributed by atoms with Crippen LogP contribution in [0.1, 0.15) is 46.5 Å². The van der Waals surface area contributed by atoms with Gasteiger partial charge in [0.15, 0.2) is 0 Å². The minimum atomic E-state index is 0.304. The average molecular weight is 170 g/mol. The van der Waals surface area contributed by atoms with E-state index < -0.39 is 0 Å². The molecule has 0 saturated heterocycles. The molecule has 0 fully saturated rings. The molecule has 0 aliphatic carbocycles. The van der Waals surface area contributed by atoms with Gasteiger partial charge in [-0.15, -0.1) is 0 Å². The van der Waals surface area contributed by atoms with Gasteiger partial charge in [-0.25, -0.2) is 0 Å². The molecule has 12 heavy (non-hydrogen) atoms. The van der Waals surface area contributed by atoms with E-state index in [-0.39, 0.29) is 0 Å². The molecule has 0 aliphatic heterocycles. The minimum Gasteiger partial charge on any atom is -0.396 e. The largest absolute Gasteiger partial charge is 0.396 e. The lowest BCUT2D eigenvalue weighted by Gasteiger charge is -2.05. The van der Waals surface area contributed by atoms with Crippen molar-refractivity contribution in [3.05, 3.63) is 11.6 Å². The lowest BCUT2D eigenvalue weighted by Crippen LogP contribution is -1.95. The second-order valence-electron chi connectivity index (χ2n) is 3.61. The lowest BCUT2D eigenvalue weighted by atomic mass is 10.0. The van der Waals surface area contributed by atoms with Crippen molar-refractivity contribution in [1.29, 1.82) is 0 Å². The third-order valence-corrected chi connectivity index (χ3v) is 2.08. The second-order valence-corrected chi connectivity index (χ2v) is 3.61. The zero-order valence-corrected chi connectivity index (χ0v) is 8.64. The van der Waals surface area contributed by atoms with E-state index in [1.165, 1.54) is 24.8 Å². The van der Waals surface area contributed by atoms with Crippen molar-refractivity contribution < 1.29 is 5.11 Å². The summed E-state index contributed by atoms with van der Waals surface area (Å²) in [6.07, 6.45) is 6.94. The Morgan fingerprint density at radius 3 is 2.67 bits per heavy atom. The number of unbranched alkanes of at least 4 members (excludes halogenated alkanes) is 1. The van der Waals surface area contributed by atoms with Crippen LogP contribution in [-0.2, 0) is 0 Å². The summed E-state index contributed by atoms with van der Waals surface area (Å²) in [5.74, 6) is 0.534. The molecule has 0 aromatic rings. The van der Waals surface area contributed by atoms with Gasteiger partial charge in [-0.1, -0.05) is 31.9 Å². The molecule has 1 atom stereocenters. The maximum atomic E-state index is 8.70. The van der Waals surface area contributed by atoms with Gasteiger partial charge in [-0.2, -0.15) is 0 Å². The molecule has 0 aliphatic rings. The van der Waals surface area contributed by atoms with Gasteiger partial charge in [0.05, 0.1) is 0 Å². The second kappa shape index (κ2) is 7.35. The van der Waals surface area contributed by atoms with E-state index in [0.717, 1.165) is 6.42 Å². The fourth-order valence-electron chi connectivity index (χ4n) is 1.31. The van der Waals surface area contributed by atoms with Crippen LogP contribution in [0.25, 0.3) is 0 Å². The molecule has 1 heteroatoms. The van der Waals surface area contributed by atoms with Crippen molar-refractivity contribution >= 4 is 0 Å². The molecular weight excluding hydrogens is 148 g/mol. The van der Waals surface area contributed by atoms with Crippen molar-refractivity contribution in [2.24, 2.45) is 5.92 Å². The van der Waals surface area contributed by atoms with Crippen LogP contribution in [0, 0.1) is 5.92 Å². The van der Waals surface area contributed by atoms with Gasteiger partial charge in [-0.05, 0) is 32.1 Å². The summed E-state index contributed by atoms with van der Waals surface area (Å²) >= 11 is 0. The van der Waals surface area contributed by atoms with E-state index in [4.69, 9.17) is 5.11 Å². The summed E-state index contributed by atoms with van der Waals surface area (Å²) in [4.78, 5) is 0. The first-order chi connectivity index (χ1) is 5.70. The van der Waals surface area contributed by atoms with Crippen molar-refractivity contribution in [3.63, 3.8) is 0 Å². The number of aliphatic hydroxyl groups excluding tert-OH is 1. The Kier molecular flexibility index (Phi) is 7.17. The van der Waals surface area contributed by atoms with Gasteiger partial charge in [0, 0.05) is 6.61 Å². The van der Waals surface area contributed by atoms with Gasteiger partial charge < -0.3 is 5.11 Å². The molecular formula is C11H22O. The minimum absolute atomic E-state index is 0.304. The summed E-state index contributed by atoms with van der Waals surface area (Å²) in [6.45, 7) is 6.86. The molecule has 0 radical (unpaired) electrons. The van der Waals surface area contributed by atoms with E-state index in [0.29, 0.717) is 12.5 Å². The number of rotatable bonds is 6. The predicted octanol–water partition coefficient (Wildman–Crippen LogP) is 3.14. The van der Waals surface area contributed by atoms with Gasteiger partial charge in [0.25, 0.3) is 0 Å². The molecule has 0 amide bonds. The summed E-state index contributed by atoms with van der Waals surface area (Å²) in [5.41, 5.74) is 1.47. The zero-order chi connectivity index (χ0) is 9.40. The van der Waals surface area contributed by atoms with E-state index >= 15 is 0 Å². The van der Waals surface area contributed by atoms with Gasteiger partial charge in [0.1, 0.15) is 0 Å². The Morgan fingerprint density at radius 1 is 1.50 bits per heavy atom. The normalized spacial score (nSPS) is 14.8. The van der Waals surface area contributed by atoms with Crippen LogP contribution in [0.5, 0.6) is 0 Å². The van der Waals surface area contributed by atoms with Crippen LogP contribution in [-0.4, -0.2) is 11.7 Å². The molecule has 0 aromatic heterocycles. The SMILES string of the molecule is CCCCC(C)=CC(C)CCO. The fraction of sp³-hybridized carbons (Fsp3) is 0.818. The smallest absolute Gasteiger partial charge is 0.0436 e. The molecule has 0 rings (SSSR count). The summed E-state index contributed by atoms with van der Waals surface area (Å²) in [7, 11) is 0. The quantitative estimate of drug-likeness (QED) is 0.607. The van der Waals surface area contributed by atoms with Gasteiger partial charge in [-0.3, -0.25) is 0 Å². The van der Waals surface area contributed by atoms with Crippen LogP contribution in [0.4, 0.5) is 0 Å². The Labute approximate surface area is 76.5 Å². The Hall–Kier alpha value is -0.300. The molecule has 0 spiro atoms. The standard InChI is InChI=1S/C11H22O/c1-4-5-6-10(2)9-11(3)7-8-12/h9,11-12H,4-8H2,1-3H3. The zero-order valence-electron chi connectivity index (χ0n) is 8.64. The van der Waals surface area contributed by atoms with Crippen molar-refractivity contribution in [2.75, 3.05) is 6.61 Å². The summed E-state index contributed by atoms with van der Waals surface area (Å²) in [6, 6.07) is 0. The molecule has 1 unspecified atom stereocenters. The maximum absolute atomic E-state index is 8.70. The molecule has 0 bridgehead atoms. The first-order valence-corrected chi connectivity index (χ1v) is 4.98. The highest BCUT2D eigenvalue weighted by molar-refractivity contribution is 4.99. The highest BCUT2D eigenvalue weighted by atomic mass is 16.2. The van der Waals surface area contributed by atoms with Gasteiger partial charge in [0.2, 0.25) is 0 Å². The highest BCUT2D eigenvalue weighted by Gasteiger charge is 1.97. The van der Waals surface area contributed by atoms with Crippen LogP contribution in [0.3, 0.4) is 0 Å². The van der Waals surface area contributed by atoms with E-state index in [1.807, 2.05) is 0 Å². The van der Waals surface area contributed by atoms with E-state index in [1.54, 1.807) is 0 Å². The summed E-state index contributed by atoms with van der Waals surface area (Å²) in [5, 5.41) is 8.70. The van der Waals surface area contributed by atoms with Crippen LogP contribution >= 0.6 is 0 Å². The lowest BCUT2D eigenvalue weighted by molar-refractivity contribution is 0.274. The predicted molar refractivity (Wildman–Crippen MR) is 54.1 cm³/mol. The fourth-order valence-corrected chi connectivity index (χ4v) is 1.31. The maximum Gasteiger partial charge on any atom is 0.0436 e. The monoisotopic (exact) mass is 170 g/mol. The Balaban J connectivity index is 3.64. The molecule has 0 saturated carbocycles. The van der Waals surface area contributed by atoms with Crippen molar-refractivity contribution in [2.45, 2.75) is 46.5 Å². The molecule has 1 N–H and O–H groups in total. The van der Waals surface area contributed by atoms with Crippen LogP contribution in [0.15, 0.2) is 11.6 Å². The third kappa shape index (κ3) is 6.41. The van der Waals surface area contributed by atoms with Crippen LogP contribution in [0.2, 0.25) is 0 Å². The number of hydrogen-bond donors (Lipinski definition) is 1. The van der Waals surface area contributed by atoms with Crippen molar-refractivity contribution in [1.82, 2.24) is 0 Å². The first-order valence-electron chi connectivity index (χ1n) is 4.98. The highest BCUT2D eigenvalue weighted by Crippen LogP contribution is 2.11. The molecule has 0 aromatic carbocycles. The topological polar surface area (TPSA) is 20.2 Å². The average Bonchev–Trinajstić information content (AvgIpc) is 2.01. The van der Waals surface area contributed by atoms with Gasteiger partial charge >= 0.3 is 0 Å². The first kappa shape index (κ1) is 11.7. The number of hydrogen-bond acceptors (Lipinski definition) is 1. The van der Waals surface area contributed by atoms with Crippen LogP contribution < -0.4 is 0 Å². The summed E-state index contributed by atoms with van der Waals surface area (Å²) < 4.78 is 0. The molecule has 72 valence electrons. The number of aliphatic hydroxyl groups is 1. The molecule has 1 nitrogen and oxygen atoms in total. The Morgan fingerprint density at radius 2 is 2.17 bits per heavy atom. The van der Waals surface area contributed by atoms with Crippen molar-refractivity contribution in [3.8, 4) is 0 Å². The molecule has 0 heterocycles. The number of allylic oxidation sites excluding steroid dienone is 2.